The Balaban J connectivity index is 1.48. The zero-order chi connectivity index (χ0) is 16.8. The molecule has 0 N–H and O–H groups in total. The summed E-state index contributed by atoms with van der Waals surface area (Å²) in [6, 6.07) is 8.45. The van der Waals surface area contributed by atoms with E-state index in [4.69, 9.17) is 4.98 Å². The molecule has 2 heterocycles. The molecule has 3 nitrogen and oxygen atoms in total. The monoisotopic (exact) mass is 360 g/mol. The van der Waals surface area contributed by atoms with Crippen LogP contribution < -0.4 is 0 Å². The van der Waals surface area contributed by atoms with Gasteiger partial charge >= 0.3 is 0 Å². The van der Waals surface area contributed by atoms with Crippen molar-refractivity contribution in [2.24, 2.45) is 0 Å². The van der Waals surface area contributed by atoms with Crippen LogP contribution in [0.3, 0.4) is 0 Å². The summed E-state index contributed by atoms with van der Waals surface area (Å²) in [5, 5.41) is 2.10. The van der Waals surface area contributed by atoms with Crippen molar-refractivity contribution in [1.29, 1.82) is 0 Å². The first-order valence-corrected chi connectivity index (χ1v) is 10.5. The maximum atomic E-state index is 12.3. The van der Waals surface area contributed by atoms with E-state index in [1.165, 1.54) is 18.4 Å². The number of amides is 1. The summed E-state index contributed by atoms with van der Waals surface area (Å²) in [5.74, 6) is 1.12. The van der Waals surface area contributed by atoms with Gasteiger partial charge in [0.1, 0.15) is 0 Å². The Hall–Kier alpha value is -1.33. The summed E-state index contributed by atoms with van der Waals surface area (Å²) >= 11 is 3.36. The van der Waals surface area contributed by atoms with E-state index in [2.05, 4.69) is 36.6 Å². The maximum Gasteiger partial charge on any atom is 0.223 e. The average Bonchev–Trinajstić information content (AvgIpc) is 2.89. The number of benzene rings is 1. The normalized spacial score (nSPS) is 15.3. The minimum absolute atomic E-state index is 0.305. The second-order valence-electron chi connectivity index (χ2n) is 6.26. The second kappa shape index (κ2) is 8.67. The fourth-order valence-electron chi connectivity index (χ4n) is 2.88. The summed E-state index contributed by atoms with van der Waals surface area (Å²) < 4.78 is 1.05. The number of aryl methyl sites for hydroxylation is 1. The zero-order valence-corrected chi connectivity index (χ0v) is 15.8. The molecule has 1 aliphatic rings. The van der Waals surface area contributed by atoms with Crippen LogP contribution in [0.4, 0.5) is 0 Å². The van der Waals surface area contributed by atoms with Gasteiger partial charge in [-0.05, 0) is 19.8 Å². The van der Waals surface area contributed by atoms with Crippen LogP contribution in [0.25, 0.3) is 11.3 Å². The molecule has 1 amide bonds. The lowest BCUT2D eigenvalue weighted by Gasteiger charge is -2.19. The summed E-state index contributed by atoms with van der Waals surface area (Å²) in [6.07, 6.45) is 5.46. The number of rotatable bonds is 5. The van der Waals surface area contributed by atoms with Crippen LogP contribution in [0.5, 0.6) is 0 Å². The number of aromatic nitrogens is 1. The number of nitrogens with zero attached hydrogens (tertiary/aromatic N) is 2. The average molecular weight is 361 g/mol. The van der Waals surface area contributed by atoms with Gasteiger partial charge in [-0.25, -0.2) is 4.98 Å². The minimum atomic E-state index is 0.305. The standard InChI is InChI=1S/C19H24N2OS2/c1-15-6-8-16(9-7-15)17-14-24-19(20-17)23-13-10-18(22)21-11-4-2-3-5-12-21/h6-9,14H,2-5,10-13H2,1H3. The first-order chi connectivity index (χ1) is 11.7. The van der Waals surface area contributed by atoms with E-state index in [0.29, 0.717) is 12.3 Å². The maximum absolute atomic E-state index is 12.3. The van der Waals surface area contributed by atoms with Gasteiger partial charge in [-0.15, -0.1) is 11.3 Å². The Kier molecular flexibility index (Phi) is 6.32. The number of likely N-dealkylation sites (tertiary alicyclic amines) is 1. The fourth-order valence-corrected chi connectivity index (χ4v) is 4.72. The molecule has 5 heteroatoms. The van der Waals surface area contributed by atoms with E-state index in [9.17, 15) is 4.79 Å². The Morgan fingerprint density at radius 3 is 2.58 bits per heavy atom. The lowest BCUT2D eigenvalue weighted by molar-refractivity contribution is -0.130. The van der Waals surface area contributed by atoms with Gasteiger partial charge in [-0.1, -0.05) is 54.4 Å². The molecule has 1 fully saturated rings. The Labute approximate surface area is 152 Å². The molecule has 1 aliphatic heterocycles. The SMILES string of the molecule is Cc1ccc(-c2csc(SCCC(=O)N3CCCCCC3)n2)cc1. The quantitative estimate of drug-likeness (QED) is 0.703. The van der Waals surface area contributed by atoms with Gasteiger partial charge in [-0.3, -0.25) is 4.79 Å². The Morgan fingerprint density at radius 1 is 1.17 bits per heavy atom. The second-order valence-corrected chi connectivity index (χ2v) is 8.46. The van der Waals surface area contributed by atoms with E-state index in [1.807, 2.05) is 4.90 Å². The molecule has 1 aromatic carbocycles. The molecule has 2 aromatic rings. The molecule has 1 aromatic heterocycles. The number of thioether (sulfide) groups is 1. The molecule has 0 unspecified atom stereocenters. The zero-order valence-electron chi connectivity index (χ0n) is 14.2. The van der Waals surface area contributed by atoms with E-state index in [-0.39, 0.29) is 0 Å². The first kappa shape index (κ1) is 17.5. The summed E-state index contributed by atoms with van der Waals surface area (Å²) in [7, 11) is 0. The number of hydrogen-bond donors (Lipinski definition) is 0. The van der Waals surface area contributed by atoms with Crippen molar-refractivity contribution in [2.75, 3.05) is 18.8 Å². The molecule has 0 atom stereocenters. The van der Waals surface area contributed by atoms with Crippen LogP contribution in [-0.2, 0) is 4.79 Å². The van der Waals surface area contributed by atoms with Crippen LogP contribution in [0.2, 0.25) is 0 Å². The third-order valence-electron chi connectivity index (χ3n) is 4.33. The van der Waals surface area contributed by atoms with Crippen molar-refractivity contribution >= 4 is 29.0 Å². The molecule has 3 rings (SSSR count). The Bertz CT molecular complexity index is 658. The lowest BCUT2D eigenvalue weighted by atomic mass is 10.1. The molecule has 0 saturated carbocycles. The molecule has 0 aliphatic carbocycles. The first-order valence-electron chi connectivity index (χ1n) is 8.65. The predicted molar refractivity (Wildman–Crippen MR) is 103 cm³/mol. The van der Waals surface area contributed by atoms with E-state index < -0.39 is 0 Å². The molecule has 1 saturated heterocycles. The van der Waals surface area contributed by atoms with Gasteiger partial charge < -0.3 is 4.90 Å². The molecule has 0 bridgehead atoms. The van der Waals surface area contributed by atoms with E-state index in [1.54, 1.807) is 23.1 Å². The van der Waals surface area contributed by atoms with Crippen LogP contribution in [0, 0.1) is 6.92 Å². The van der Waals surface area contributed by atoms with Gasteiger partial charge in [-0.2, -0.15) is 0 Å². The molecular weight excluding hydrogens is 336 g/mol. The summed E-state index contributed by atoms with van der Waals surface area (Å²) in [5.41, 5.74) is 3.45. The third kappa shape index (κ3) is 4.84. The highest BCUT2D eigenvalue weighted by molar-refractivity contribution is 8.01. The summed E-state index contributed by atoms with van der Waals surface area (Å²) in [4.78, 5) is 19.0. The lowest BCUT2D eigenvalue weighted by Crippen LogP contribution is -2.31. The van der Waals surface area contributed by atoms with E-state index >= 15 is 0 Å². The van der Waals surface area contributed by atoms with Crippen molar-refractivity contribution in [2.45, 2.75) is 43.4 Å². The topological polar surface area (TPSA) is 33.2 Å². The van der Waals surface area contributed by atoms with Crippen molar-refractivity contribution in [3.8, 4) is 11.3 Å². The van der Waals surface area contributed by atoms with Crippen LogP contribution in [0.15, 0.2) is 34.0 Å². The number of carbonyl (C=O) groups excluding carboxylic acids is 1. The molecule has 0 radical (unpaired) electrons. The third-order valence-corrected chi connectivity index (χ3v) is 6.35. The number of carbonyl (C=O) groups is 1. The van der Waals surface area contributed by atoms with Gasteiger partial charge in [0.25, 0.3) is 0 Å². The summed E-state index contributed by atoms with van der Waals surface area (Å²) in [6.45, 7) is 3.98. The predicted octanol–water partition coefficient (Wildman–Crippen LogP) is 5.00. The number of thiazole rings is 1. The van der Waals surface area contributed by atoms with Crippen molar-refractivity contribution in [3.63, 3.8) is 0 Å². The largest absolute Gasteiger partial charge is 0.343 e. The minimum Gasteiger partial charge on any atom is -0.343 e. The van der Waals surface area contributed by atoms with Crippen LogP contribution in [-0.4, -0.2) is 34.6 Å². The van der Waals surface area contributed by atoms with Gasteiger partial charge in [0, 0.05) is 36.2 Å². The molecular formula is C19H24N2OS2. The molecule has 0 spiro atoms. The van der Waals surface area contributed by atoms with Crippen LogP contribution >= 0.6 is 23.1 Å². The fraction of sp³-hybridized carbons (Fsp3) is 0.474. The van der Waals surface area contributed by atoms with Crippen LogP contribution in [0.1, 0.15) is 37.7 Å². The smallest absolute Gasteiger partial charge is 0.223 e. The highest BCUT2D eigenvalue weighted by Crippen LogP contribution is 2.29. The number of hydrogen-bond acceptors (Lipinski definition) is 4. The van der Waals surface area contributed by atoms with Gasteiger partial charge in [0.05, 0.1) is 5.69 Å². The van der Waals surface area contributed by atoms with Crippen molar-refractivity contribution in [1.82, 2.24) is 9.88 Å². The van der Waals surface area contributed by atoms with Crippen molar-refractivity contribution in [3.05, 3.63) is 35.2 Å². The van der Waals surface area contributed by atoms with Crippen molar-refractivity contribution < 1.29 is 4.79 Å². The Morgan fingerprint density at radius 2 is 1.88 bits per heavy atom. The molecule has 128 valence electrons. The molecule has 24 heavy (non-hydrogen) atoms. The highest BCUT2D eigenvalue weighted by Gasteiger charge is 2.15. The highest BCUT2D eigenvalue weighted by atomic mass is 32.2. The van der Waals surface area contributed by atoms with Gasteiger partial charge in [0.15, 0.2) is 4.34 Å². The van der Waals surface area contributed by atoms with E-state index in [0.717, 1.165) is 47.3 Å². The van der Waals surface area contributed by atoms with Gasteiger partial charge in [0.2, 0.25) is 5.91 Å².